The third kappa shape index (κ3) is 8.90. The number of nitrogens with zero attached hydrogens (tertiary/aromatic N) is 3. The molecule has 0 spiro atoms. The van der Waals surface area contributed by atoms with Gasteiger partial charge in [0.2, 0.25) is 0 Å². The minimum atomic E-state index is -3.40. The summed E-state index contributed by atoms with van der Waals surface area (Å²) in [5.41, 5.74) is 8.03. The number of fused-ring (bicyclic) bond motifs is 1. The van der Waals surface area contributed by atoms with Crippen LogP contribution in [0.1, 0.15) is 74.5 Å². The zero-order chi connectivity index (χ0) is 56.5. The van der Waals surface area contributed by atoms with Gasteiger partial charge in [0.25, 0.3) is 0 Å². The largest absolute Gasteiger partial charge is 0.507 e. The van der Waals surface area contributed by atoms with E-state index in [1.165, 1.54) is 24.3 Å². The fraction of sp³-hybridized carbons (Fsp3) is 0.143. The van der Waals surface area contributed by atoms with Crippen molar-refractivity contribution in [2.45, 2.75) is 59.0 Å². The third-order valence-corrected chi connectivity index (χ3v) is 12.3. The van der Waals surface area contributed by atoms with Gasteiger partial charge in [-0.1, -0.05) is 198 Å². The predicted molar refractivity (Wildman–Crippen MR) is 280 cm³/mol. The number of imidazole rings is 1. The van der Waals surface area contributed by atoms with Crippen molar-refractivity contribution in [1.29, 1.82) is 0 Å². The zero-order valence-electron chi connectivity index (χ0n) is 49.6. The molecule has 338 valence electrons. The van der Waals surface area contributed by atoms with Gasteiger partial charge in [0.05, 0.1) is 22.3 Å². The van der Waals surface area contributed by atoms with Crippen LogP contribution in [0.2, 0.25) is 0 Å². The maximum absolute atomic E-state index is 11.5. The van der Waals surface area contributed by atoms with Crippen LogP contribution in [0.5, 0.6) is 5.75 Å². The van der Waals surface area contributed by atoms with Gasteiger partial charge in [0, 0.05) is 49.4 Å². The van der Waals surface area contributed by atoms with Gasteiger partial charge in [0.1, 0.15) is 11.6 Å². The first-order valence-electron chi connectivity index (χ1n) is 28.1. The molecular formula is C63H54N3OPt-. The number of aromatic nitrogens is 3. The molecule has 68 heavy (non-hydrogen) atoms. The smallest absolute Gasteiger partial charge is 0.148 e. The van der Waals surface area contributed by atoms with Crippen molar-refractivity contribution >= 4 is 11.0 Å². The van der Waals surface area contributed by atoms with Gasteiger partial charge in [-0.05, 0) is 110 Å². The van der Waals surface area contributed by atoms with E-state index in [9.17, 15) is 5.11 Å². The molecular weight excluding hydrogens is 1010 g/mol. The Hall–Kier alpha value is -7.13. The van der Waals surface area contributed by atoms with Gasteiger partial charge in [-0.15, -0.1) is 23.8 Å². The molecule has 5 heteroatoms. The number of aryl methyl sites for hydroxylation is 1. The van der Waals surface area contributed by atoms with Gasteiger partial charge in [-0.2, -0.15) is 0 Å². The molecule has 4 nitrogen and oxygen atoms in total. The summed E-state index contributed by atoms with van der Waals surface area (Å²) in [6.45, 7) is -6.39. The number of rotatable bonds is 8. The van der Waals surface area contributed by atoms with Crippen molar-refractivity contribution in [2.24, 2.45) is 0 Å². The topological polar surface area (TPSA) is 50.9 Å². The summed E-state index contributed by atoms with van der Waals surface area (Å²) in [4.78, 5) is 10.1. The van der Waals surface area contributed by atoms with Crippen LogP contribution in [0, 0.1) is 12.9 Å². The Bertz CT molecular complexity index is 3860. The van der Waals surface area contributed by atoms with Crippen LogP contribution in [0.15, 0.2) is 194 Å². The Morgan fingerprint density at radius 3 is 1.91 bits per heavy atom. The molecule has 0 saturated carbocycles. The van der Waals surface area contributed by atoms with E-state index in [1.54, 1.807) is 42.6 Å². The number of pyridine rings is 1. The number of phenolic OH excluding ortho intramolecular Hbond substituents is 1. The Kier molecular flexibility index (Phi) is 9.08. The summed E-state index contributed by atoms with van der Waals surface area (Å²) in [7, 11) is 0. The van der Waals surface area contributed by atoms with Crippen LogP contribution < -0.4 is 0 Å². The minimum Gasteiger partial charge on any atom is -0.507 e. The average Bonchev–Trinajstić information content (AvgIpc) is 3.86. The molecule has 0 bridgehead atoms. The second-order valence-corrected chi connectivity index (χ2v) is 17.9. The molecule has 0 aliphatic rings. The molecule has 0 fully saturated rings. The van der Waals surface area contributed by atoms with E-state index in [0.717, 1.165) is 38.9 Å². The van der Waals surface area contributed by atoms with E-state index in [-0.39, 0.29) is 43.4 Å². The third-order valence-electron chi connectivity index (χ3n) is 12.3. The average molecular weight is 1080 g/mol. The SMILES string of the molecule is [2H]C([2H])([2H])c1cc(-c2c(-c3ccccc3)cccc2C(C)(C)C)ccc1-n1c(-c2ccccc2O)nc2c(-c3[c-]c(-c4cc(-c5ccc(C(C([2H])([2H])[2H])(C([2H])([2H])[2H])C([2H])([2H])[2H])cc5)ccn4)cc(-c4ccccc4)c3)cccc21.[Pt]. The Morgan fingerprint density at radius 2 is 1.19 bits per heavy atom. The van der Waals surface area contributed by atoms with Crippen molar-refractivity contribution in [3.8, 4) is 89.7 Å². The van der Waals surface area contributed by atoms with Crippen LogP contribution in [0.25, 0.3) is 95.0 Å². The molecule has 2 heterocycles. The maximum atomic E-state index is 11.5. The summed E-state index contributed by atoms with van der Waals surface area (Å²) in [5.74, 6) is 0.262. The van der Waals surface area contributed by atoms with E-state index < -0.39 is 32.8 Å². The van der Waals surface area contributed by atoms with Crippen LogP contribution >= 0.6 is 0 Å². The van der Waals surface area contributed by atoms with Crippen molar-refractivity contribution in [2.75, 3.05) is 0 Å². The van der Waals surface area contributed by atoms with Crippen molar-refractivity contribution in [1.82, 2.24) is 14.5 Å². The van der Waals surface area contributed by atoms with Crippen molar-refractivity contribution in [3.63, 3.8) is 0 Å². The molecule has 0 saturated heterocycles. The first kappa shape index (κ1) is 33.4. The first-order valence-corrected chi connectivity index (χ1v) is 22.1. The Balaban J connectivity index is 0.00000774. The number of hydrogen-bond donors (Lipinski definition) is 1. The second-order valence-electron chi connectivity index (χ2n) is 17.9. The molecule has 0 unspecified atom stereocenters. The van der Waals surface area contributed by atoms with Crippen LogP contribution in [0.3, 0.4) is 0 Å². The molecule has 0 aliphatic carbocycles. The summed E-state index contributed by atoms with van der Waals surface area (Å²) >= 11 is 0. The predicted octanol–water partition coefficient (Wildman–Crippen LogP) is 16.5. The molecule has 10 aromatic rings. The molecule has 1 N–H and O–H groups in total. The normalized spacial score (nSPS) is 15.0. The van der Waals surface area contributed by atoms with Gasteiger partial charge < -0.3 is 5.11 Å². The Morgan fingerprint density at radius 1 is 0.544 bits per heavy atom. The van der Waals surface area contributed by atoms with Crippen molar-refractivity contribution < 1.29 is 42.6 Å². The summed E-state index contributed by atoms with van der Waals surface area (Å²) in [5, 5.41) is 11.5. The van der Waals surface area contributed by atoms with E-state index in [2.05, 4.69) is 51.1 Å². The molecule has 0 atom stereocenters. The van der Waals surface area contributed by atoms with Crippen LogP contribution in [-0.2, 0) is 31.9 Å². The Labute approximate surface area is 432 Å². The van der Waals surface area contributed by atoms with Crippen LogP contribution in [-0.4, -0.2) is 19.6 Å². The zero-order valence-corrected chi connectivity index (χ0v) is 39.9. The first-order chi connectivity index (χ1) is 37.3. The summed E-state index contributed by atoms with van der Waals surface area (Å²) in [6, 6.07) is 60.8. The molecule has 10 rings (SSSR count). The molecule has 0 radical (unpaired) electrons. The number of aromatic hydroxyl groups is 1. The van der Waals surface area contributed by atoms with Gasteiger partial charge in [-0.3, -0.25) is 9.55 Å². The molecule has 8 aromatic carbocycles. The summed E-state index contributed by atoms with van der Waals surface area (Å²) in [6.07, 6.45) is 1.61. The minimum absolute atomic E-state index is 0. The van der Waals surface area contributed by atoms with Crippen LogP contribution in [0.4, 0.5) is 0 Å². The van der Waals surface area contributed by atoms with Gasteiger partial charge >= 0.3 is 0 Å². The fourth-order valence-corrected chi connectivity index (χ4v) is 8.96. The number of para-hydroxylation sites is 2. The summed E-state index contributed by atoms with van der Waals surface area (Å²) < 4.78 is 103. The number of hydrogen-bond acceptors (Lipinski definition) is 3. The number of benzene rings is 8. The van der Waals surface area contributed by atoms with E-state index >= 15 is 0 Å². The molecule has 2 aromatic heterocycles. The van der Waals surface area contributed by atoms with E-state index in [4.69, 9.17) is 26.4 Å². The quantitative estimate of drug-likeness (QED) is 0.154. The van der Waals surface area contributed by atoms with Crippen molar-refractivity contribution in [3.05, 3.63) is 217 Å². The monoisotopic (exact) mass is 1080 g/mol. The second kappa shape index (κ2) is 18.5. The van der Waals surface area contributed by atoms with Gasteiger partial charge in [0.15, 0.2) is 0 Å². The molecule has 0 aliphatic heterocycles. The maximum Gasteiger partial charge on any atom is 0.148 e. The van der Waals surface area contributed by atoms with E-state index in [0.29, 0.717) is 61.6 Å². The molecule has 0 amide bonds. The van der Waals surface area contributed by atoms with Gasteiger partial charge in [-0.25, -0.2) is 4.98 Å². The van der Waals surface area contributed by atoms with E-state index in [1.807, 2.05) is 108 Å². The fourth-order valence-electron chi connectivity index (χ4n) is 8.96. The standard InChI is InChI=1S/C63H54N3O.Pt/c1-41-36-46(59-51(44-20-12-9-13-21-44)23-16-25-54(59)63(5,6)7)30-33-56(41)66-57-26-17-24-52(60(57)65-61(66)53-22-14-15-27-58(53)67)48-37-47(42-18-10-8-11-19-42)38-49(39-48)55-40-45(34-35-64-55)43-28-31-50(32-29-43)62(2,3)4;/h8-38,40,67H,1-7H3;/q-1;/i1D3,2D3,3D3,4D3;. The number of phenols is 1.